The van der Waals surface area contributed by atoms with Gasteiger partial charge in [0.25, 0.3) is 0 Å². The van der Waals surface area contributed by atoms with Crippen LogP contribution >= 0.6 is 0 Å². The van der Waals surface area contributed by atoms with E-state index in [4.69, 9.17) is 4.74 Å². The molecule has 0 amide bonds. The van der Waals surface area contributed by atoms with Crippen molar-refractivity contribution in [3.8, 4) is 5.75 Å². The molecule has 0 heterocycles. The molecule has 4 nitrogen and oxygen atoms in total. The summed E-state index contributed by atoms with van der Waals surface area (Å²) < 4.78 is 9.98. The van der Waals surface area contributed by atoms with Gasteiger partial charge < -0.3 is 9.47 Å². The van der Waals surface area contributed by atoms with Gasteiger partial charge in [-0.3, -0.25) is 9.59 Å². The molecule has 4 heteroatoms. The minimum absolute atomic E-state index is 0.0142. The number of methoxy groups -OCH3 is 1. The number of Topliss-reactive ketones (excluding diaryl/α,β-unsaturated/α-hetero) is 1. The van der Waals surface area contributed by atoms with Gasteiger partial charge in [0.2, 0.25) is 0 Å². The summed E-state index contributed by atoms with van der Waals surface area (Å²) in [7, 11) is 1.34. The Morgan fingerprint density at radius 2 is 1.80 bits per heavy atom. The Hall–Kier alpha value is -2.10. The number of carbonyl (C=O) groups is 2. The fourth-order valence-electron chi connectivity index (χ4n) is 1.58. The van der Waals surface area contributed by atoms with Crippen molar-refractivity contribution in [2.75, 3.05) is 13.7 Å². The topological polar surface area (TPSA) is 52.6 Å². The van der Waals surface area contributed by atoms with Crippen LogP contribution in [-0.4, -0.2) is 25.5 Å². The van der Waals surface area contributed by atoms with Gasteiger partial charge in [-0.2, -0.15) is 0 Å². The standard InChI is InChI=1S/C16H20O4/c1-12(2)11-20-14-9-7-13(8-10-14)15(17)5-4-6-16(18)19-3/h7-10H,1,4-6,11H2,2-3H3. The zero-order valence-corrected chi connectivity index (χ0v) is 12.0. The largest absolute Gasteiger partial charge is 0.489 e. The van der Waals surface area contributed by atoms with Gasteiger partial charge in [-0.15, -0.1) is 0 Å². The molecule has 20 heavy (non-hydrogen) atoms. The number of ether oxygens (including phenoxy) is 2. The van der Waals surface area contributed by atoms with Crippen LogP contribution in [0.25, 0.3) is 0 Å². The lowest BCUT2D eigenvalue weighted by atomic mass is 10.1. The number of benzene rings is 1. The fourth-order valence-corrected chi connectivity index (χ4v) is 1.58. The molecule has 0 bridgehead atoms. The third-order valence-corrected chi connectivity index (χ3v) is 2.67. The Labute approximate surface area is 119 Å². The van der Waals surface area contributed by atoms with Gasteiger partial charge in [0.1, 0.15) is 12.4 Å². The van der Waals surface area contributed by atoms with Crippen LogP contribution < -0.4 is 4.74 Å². The second-order valence-electron chi connectivity index (χ2n) is 4.62. The van der Waals surface area contributed by atoms with E-state index >= 15 is 0 Å². The molecule has 0 saturated heterocycles. The predicted molar refractivity (Wildman–Crippen MR) is 76.9 cm³/mol. The van der Waals surface area contributed by atoms with E-state index in [0.717, 1.165) is 5.57 Å². The van der Waals surface area contributed by atoms with Gasteiger partial charge in [-0.05, 0) is 43.2 Å². The molecular weight excluding hydrogens is 256 g/mol. The number of rotatable bonds is 8. The summed E-state index contributed by atoms with van der Waals surface area (Å²) in [5.74, 6) is 0.431. The molecule has 1 aromatic rings. The Bertz CT molecular complexity index is 474. The quantitative estimate of drug-likeness (QED) is 0.416. The normalized spacial score (nSPS) is 9.90. The Morgan fingerprint density at radius 3 is 2.35 bits per heavy atom. The third-order valence-electron chi connectivity index (χ3n) is 2.67. The summed E-state index contributed by atoms with van der Waals surface area (Å²) >= 11 is 0. The summed E-state index contributed by atoms with van der Waals surface area (Å²) in [6.45, 7) is 6.11. The van der Waals surface area contributed by atoms with Crippen LogP contribution in [0.5, 0.6) is 5.75 Å². The molecule has 0 aliphatic carbocycles. The highest BCUT2D eigenvalue weighted by molar-refractivity contribution is 5.96. The monoisotopic (exact) mass is 276 g/mol. The van der Waals surface area contributed by atoms with Crippen molar-refractivity contribution in [2.24, 2.45) is 0 Å². The predicted octanol–water partition coefficient (Wildman–Crippen LogP) is 3.17. The van der Waals surface area contributed by atoms with E-state index in [2.05, 4.69) is 11.3 Å². The zero-order chi connectivity index (χ0) is 15.0. The van der Waals surface area contributed by atoms with Gasteiger partial charge in [-0.25, -0.2) is 0 Å². The smallest absolute Gasteiger partial charge is 0.305 e. The van der Waals surface area contributed by atoms with Crippen molar-refractivity contribution in [1.29, 1.82) is 0 Å². The van der Waals surface area contributed by atoms with Gasteiger partial charge in [0, 0.05) is 18.4 Å². The molecule has 0 saturated carbocycles. The van der Waals surface area contributed by atoms with E-state index in [1.807, 2.05) is 6.92 Å². The average molecular weight is 276 g/mol. The summed E-state index contributed by atoms with van der Waals surface area (Å²) in [5, 5.41) is 0. The van der Waals surface area contributed by atoms with Crippen molar-refractivity contribution in [2.45, 2.75) is 26.2 Å². The molecule has 0 fully saturated rings. The maximum Gasteiger partial charge on any atom is 0.305 e. The fraction of sp³-hybridized carbons (Fsp3) is 0.375. The Kier molecular flexibility index (Phi) is 6.50. The third kappa shape index (κ3) is 5.69. The van der Waals surface area contributed by atoms with Crippen molar-refractivity contribution < 1.29 is 19.1 Å². The molecule has 0 radical (unpaired) electrons. The van der Waals surface area contributed by atoms with Crippen molar-refractivity contribution in [3.63, 3.8) is 0 Å². The van der Waals surface area contributed by atoms with E-state index < -0.39 is 0 Å². The molecule has 0 aliphatic rings. The second-order valence-corrected chi connectivity index (χ2v) is 4.62. The maximum absolute atomic E-state index is 11.9. The summed E-state index contributed by atoms with van der Waals surface area (Å²) in [4.78, 5) is 22.8. The van der Waals surface area contributed by atoms with E-state index in [9.17, 15) is 9.59 Å². The zero-order valence-electron chi connectivity index (χ0n) is 12.0. The van der Waals surface area contributed by atoms with Crippen molar-refractivity contribution in [3.05, 3.63) is 42.0 Å². The summed E-state index contributed by atoms with van der Waals surface area (Å²) in [6, 6.07) is 6.98. The van der Waals surface area contributed by atoms with Crippen LogP contribution in [0.4, 0.5) is 0 Å². The van der Waals surface area contributed by atoms with Crippen LogP contribution in [0.15, 0.2) is 36.4 Å². The minimum atomic E-state index is -0.290. The molecule has 108 valence electrons. The first-order valence-electron chi connectivity index (χ1n) is 6.50. The van der Waals surface area contributed by atoms with Crippen LogP contribution in [0.2, 0.25) is 0 Å². The molecule has 0 atom stereocenters. The number of carbonyl (C=O) groups excluding carboxylic acids is 2. The second kappa shape index (κ2) is 8.15. The lowest BCUT2D eigenvalue weighted by Crippen LogP contribution is -2.04. The molecule has 0 unspecified atom stereocenters. The van der Waals surface area contributed by atoms with Crippen LogP contribution in [0, 0.1) is 0 Å². The lowest BCUT2D eigenvalue weighted by molar-refractivity contribution is -0.140. The number of hydrogen-bond acceptors (Lipinski definition) is 4. The van der Waals surface area contributed by atoms with Gasteiger partial charge >= 0.3 is 5.97 Å². The van der Waals surface area contributed by atoms with Crippen molar-refractivity contribution >= 4 is 11.8 Å². The van der Waals surface area contributed by atoms with Crippen molar-refractivity contribution in [1.82, 2.24) is 0 Å². The number of hydrogen-bond donors (Lipinski definition) is 0. The van der Waals surface area contributed by atoms with Gasteiger partial charge in [0.05, 0.1) is 7.11 Å². The molecule has 0 aromatic heterocycles. The first-order chi connectivity index (χ1) is 9.52. The highest BCUT2D eigenvalue weighted by Gasteiger charge is 2.08. The molecule has 0 aliphatic heterocycles. The molecule has 1 rings (SSSR count). The summed E-state index contributed by atoms with van der Waals surface area (Å²) in [6.07, 6.45) is 1.10. The van der Waals surface area contributed by atoms with Gasteiger partial charge in [-0.1, -0.05) is 6.58 Å². The van der Waals surface area contributed by atoms with E-state index in [1.165, 1.54) is 7.11 Å². The van der Waals surface area contributed by atoms with Crippen LogP contribution in [0.3, 0.4) is 0 Å². The number of esters is 1. The Balaban J connectivity index is 2.44. The average Bonchev–Trinajstić information content (AvgIpc) is 2.45. The van der Waals surface area contributed by atoms with Crippen LogP contribution in [-0.2, 0) is 9.53 Å². The highest BCUT2D eigenvalue weighted by atomic mass is 16.5. The van der Waals surface area contributed by atoms with Gasteiger partial charge in [0.15, 0.2) is 5.78 Å². The minimum Gasteiger partial charge on any atom is -0.489 e. The molecular formula is C16H20O4. The van der Waals surface area contributed by atoms with E-state index in [-0.39, 0.29) is 18.2 Å². The molecule has 0 N–H and O–H groups in total. The van der Waals surface area contributed by atoms with E-state index in [0.29, 0.717) is 30.8 Å². The molecule has 1 aromatic carbocycles. The SMILES string of the molecule is C=C(C)COc1ccc(C(=O)CCCC(=O)OC)cc1. The highest BCUT2D eigenvalue weighted by Crippen LogP contribution is 2.15. The van der Waals surface area contributed by atoms with Crippen LogP contribution in [0.1, 0.15) is 36.5 Å². The first kappa shape index (κ1) is 16.0. The number of ketones is 1. The molecule has 0 spiro atoms. The Morgan fingerprint density at radius 1 is 1.15 bits per heavy atom. The van der Waals surface area contributed by atoms with E-state index in [1.54, 1.807) is 24.3 Å². The summed E-state index contributed by atoms with van der Waals surface area (Å²) in [5.41, 5.74) is 1.56. The maximum atomic E-state index is 11.9. The lowest BCUT2D eigenvalue weighted by Gasteiger charge is -2.06. The first-order valence-corrected chi connectivity index (χ1v) is 6.50.